The van der Waals surface area contributed by atoms with Gasteiger partial charge >= 0.3 is 0 Å². The minimum atomic E-state index is -1.15. The lowest BCUT2D eigenvalue weighted by molar-refractivity contribution is -0.139. The Labute approximate surface area is 159 Å². The quantitative estimate of drug-likeness (QED) is 0.486. The van der Waals surface area contributed by atoms with Gasteiger partial charge in [-0.05, 0) is 55.9 Å². The lowest BCUT2D eigenvalue weighted by Crippen LogP contribution is -2.66. The fraction of sp³-hybridized carbons (Fsp3) is 0.722. The first kappa shape index (κ1) is 19.2. The van der Waals surface area contributed by atoms with Gasteiger partial charge in [0.1, 0.15) is 5.54 Å². The smallest absolute Gasteiger partial charge is 0.238 e. The van der Waals surface area contributed by atoms with Crippen LogP contribution in [0.5, 0.6) is 0 Å². The van der Waals surface area contributed by atoms with Crippen molar-refractivity contribution in [2.24, 2.45) is 47.0 Å². The van der Waals surface area contributed by atoms with Crippen molar-refractivity contribution in [1.82, 2.24) is 10.6 Å². The number of halogens is 1. The minimum Gasteiger partial charge on any atom is -0.369 e. The van der Waals surface area contributed by atoms with Crippen LogP contribution in [0.1, 0.15) is 25.7 Å². The summed E-state index contributed by atoms with van der Waals surface area (Å²) in [5.41, 5.74) is 10.5. The number of amides is 3. The van der Waals surface area contributed by atoms with Crippen molar-refractivity contribution in [3.63, 3.8) is 0 Å². The summed E-state index contributed by atoms with van der Waals surface area (Å²) in [6.45, 7) is 1.27. The fourth-order valence-corrected chi connectivity index (χ4v) is 5.92. The van der Waals surface area contributed by atoms with E-state index in [9.17, 15) is 14.4 Å². The van der Waals surface area contributed by atoms with Gasteiger partial charge in [-0.1, -0.05) is 12.2 Å². The van der Waals surface area contributed by atoms with Crippen LogP contribution in [-0.2, 0) is 14.4 Å². The zero-order chi connectivity index (χ0) is 17.8. The average Bonchev–Trinajstić information content (AvgIpc) is 3.19. The number of primary amides is 2. The predicted octanol–water partition coefficient (Wildman–Crippen LogP) is -0.308. The number of nitrogens with two attached hydrogens (primary N) is 2. The zero-order valence-electron chi connectivity index (χ0n) is 14.6. The molecule has 5 unspecified atom stereocenters. The van der Waals surface area contributed by atoms with Gasteiger partial charge in [0.05, 0.1) is 5.92 Å². The molecule has 26 heavy (non-hydrogen) atoms. The van der Waals surface area contributed by atoms with Gasteiger partial charge < -0.3 is 22.1 Å². The highest BCUT2D eigenvalue weighted by molar-refractivity contribution is 5.94. The SMILES string of the molecule is Cl.NC(=O)[C@@H](C[C@H]1CCNC1=O)C1(C(N)=O)NCC2C3C=CC(CC3)C21. The van der Waals surface area contributed by atoms with E-state index in [1.165, 1.54) is 0 Å². The zero-order valence-corrected chi connectivity index (χ0v) is 15.5. The minimum absolute atomic E-state index is 0. The maximum atomic E-state index is 12.7. The van der Waals surface area contributed by atoms with Crippen LogP contribution in [0.3, 0.4) is 0 Å². The van der Waals surface area contributed by atoms with Crippen molar-refractivity contribution >= 4 is 30.1 Å². The summed E-state index contributed by atoms with van der Waals surface area (Å²) in [5.74, 6) is -1.23. The Morgan fingerprint density at radius 2 is 1.88 bits per heavy atom. The molecule has 2 saturated heterocycles. The second-order valence-electron chi connectivity index (χ2n) is 8.06. The molecular formula is C18H27ClN4O3. The van der Waals surface area contributed by atoms with E-state index in [1.54, 1.807) is 0 Å². The van der Waals surface area contributed by atoms with Gasteiger partial charge in [-0.3, -0.25) is 14.4 Å². The molecule has 144 valence electrons. The highest BCUT2D eigenvalue weighted by Gasteiger charge is 2.63. The normalized spacial score (nSPS) is 41.2. The molecule has 6 N–H and O–H groups in total. The van der Waals surface area contributed by atoms with E-state index in [0.29, 0.717) is 31.3 Å². The van der Waals surface area contributed by atoms with E-state index >= 15 is 0 Å². The Hall–Kier alpha value is -1.60. The van der Waals surface area contributed by atoms with E-state index in [0.717, 1.165) is 12.8 Å². The Bertz CT molecular complexity index is 654. The predicted molar refractivity (Wildman–Crippen MR) is 97.9 cm³/mol. The first-order valence-corrected chi connectivity index (χ1v) is 9.25. The van der Waals surface area contributed by atoms with Crippen molar-refractivity contribution in [1.29, 1.82) is 0 Å². The molecule has 7 atom stereocenters. The van der Waals surface area contributed by atoms with Gasteiger partial charge in [0.15, 0.2) is 0 Å². The van der Waals surface area contributed by atoms with Crippen LogP contribution in [0.4, 0.5) is 0 Å². The molecular weight excluding hydrogens is 356 g/mol. The van der Waals surface area contributed by atoms with Crippen molar-refractivity contribution in [2.45, 2.75) is 31.2 Å². The van der Waals surface area contributed by atoms with E-state index < -0.39 is 23.3 Å². The van der Waals surface area contributed by atoms with Crippen molar-refractivity contribution in [2.75, 3.05) is 13.1 Å². The maximum Gasteiger partial charge on any atom is 0.238 e. The standard InChI is InChI=1S/C18H26N4O3.ClH/c19-15(23)13(7-11-5-6-21-16(11)24)18(17(20)25)14-10-3-1-9(2-4-10)12(14)8-22-18;/h1,3,9-14,22H,2,4-8H2,(H2,19,23)(H2,20,25)(H,21,24);1H/t9?,10?,11-,12?,13-,14?,18?;/m1./s1. The molecule has 1 saturated carbocycles. The Morgan fingerprint density at radius 3 is 2.42 bits per heavy atom. The van der Waals surface area contributed by atoms with Gasteiger partial charge in [-0.25, -0.2) is 0 Å². The number of allylic oxidation sites excluding steroid dienone is 2. The van der Waals surface area contributed by atoms with Gasteiger partial charge in [0, 0.05) is 12.5 Å². The van der Waals surface area contributed by atoms with Crippen LogP contribution < -0.4 is 22.1 Å². The average molecular weight is 383 g/mol. The number of nitrogens with one attached hydrogen (secondary N) is 2. The molecule has 2 heterocycles. The summed E-state index contributed by atoms with van der Waals surface area (Å²) in [5, 5.41) is 6.13. The van der Waals surface area contributed by atoms with E-state index in [2.05, 4.69) is 22.8 Å². The third-order valence-corrected chi connectivity index (χ3v) is 7.05. The summed E-state index contributed by atoms with van der Waals surface area (Å²) in [6, 6.07) is 0. The highest BCUT2D eigenvalue weighted by Crippen LogP contribution is 2.54. The molecule has 0 aromatic rings. The number of carbonyl (C=O) groups excluding carboxylic acids is 3. The summed E-state index contributed by atoms with van der Waals surface area (Å²) < 4.78 is 0. The van der Waals surface area contributed by atoms with Crippen LogP contribution in [0, 0.1) is 35.5 Å². The molecule has 3 fully saturated rings. The molecule has 3 aliphatic carbocycles. The molecule has 5 aliphatic rings. The van der Waals surface area contributed by atoms with Gasteiger partial charge in [-0.15, -0.1) is 12.4 Å². The molecule has 2 aliphatic heterocycles. The summed E-state index contributed by atoms with van der Waals surface area (Å²) in [7, 11) is 0. The van der Waals surface area contributed by atoms with Crippen molar-refractivity contribution < 1.29 is 14.4 Å². The lowest BCUT2D eigenvalue weighted by atomic mass is 9.55. The molecule has 3 amide bonds. The topological polar surface area (TPSA) is 127 Å². The summed E-state index contributed by atoms with van der Waals surface area (Å²) in [6.07, 6.45) is 7.50. The number of hydrogen-bond acceptors (Lipinski definition) is 4. The monoisotopic (exact) mass is 382 g/mol. The molecule has 0 aromatic carbocycles. The van der Waals surface area contributed by atoms with Crippen LogP contribution in [0.2, 0.25) is 0 Å². The molecule has 7 nitrogen and oxygen atoms in total. The van der Waals surface area contributed by atoms with Gasteiger partial charge in [0.2, 0.25) is 17.7 Å². The Balaban J connectivity index is 0.00000196. The molecule has 2 bridgehead atoms. The van der Waals surface area contributed by atoms with E-state index in [1.807, 2.05) is 0 Å². The van der Waals surface area contributed by atoms with E-state index in [-0.39, 0.29) is 42.5 Å². The Morgan fingerprint density at radius 1 is 1.19 bits per heavy atom. The van der Waals surface area contributed by atoms with E-state index in [4.69, 9.17) is 11.5 Å². The van der Waals surface area contributed by atoms with Crippen LogP contribution >= 0.6 is 12.4 Å². The largest absolute Gasteiger partial charge is 0.369 e. The fourth-order valence-electron chi connectivity index (χ4n) is 5.92. The van der Waals surface area contributed by atoms with Crippen LogP contribution in [0.25, 0.3) is 0 Å². The Kier molecular flexibility index (Phi) is 5.05. The number of rotatable bonds is 5. The summed E-state index contributed by atoms with van der Waals surface area (Å²) >= 11 is 0. The van der Waals surface area contributed by atoms with Crippen LogP contribution in [0.15, 0.2) is 12.2 Å². The maximum absolute atomic E-state index is 12.7. The van der Waals surface area contributed by atoms with Gasteiger partial charge in [-0.2, -0.15) is 0 Å². The first-order valence-electron chi connectivity index (χ1n) is 9.25. The molecule has 0 radical (unpaired) electrons. The highest BCUT2D eigenvalue weighted by atomic mass is 35.5. The second-order valence-corrected chi connectivity index (χ2v) is 8.06. The number of carbonyl (C=O) groups is 3. The lowest BCUT2D eigenvalue weighted by Gasteiger charge is -2.48. The van der Waals surface area contributed by atoms with Crippen molar-refractivity contribution in [3.05, 3.63) is 12.2 Å². The molecule has 8 heteroatoms. The number of fused-ring (bicyclic) bond motifs is 1. The summed E-state index contributed by atoms with van der Waals surface area (Å²) in [4.78, 5) is 37.1. The molecule has 0 spiro atoms. The van der Waals surface area contributed by atoms with Crippen molar-refractivity contribution in [3.8, 4) is 0 Å². The van der Waals surface area contributed by atoms with Crippen LogP contribution in [-0.4, -0.2) is 36.3 Å². The molecule has 5 rings (SSSR count). The van der Waals surface area contributed by atoms with Gasteiger partial charge in [0.25, 0.3) is 0 Å². The third kappa shape index (κ3) is 2.63. The second kappa shape index (κ2) is 6.85. The third-order valence-electron chi connectivity index (χ3n) is 7.05. The number of hydrogen-bond donors (Lipinski definition) is 4. The first-order chi connectivity index (χ1) is 11.9. The molecule has 0 aromatic heterocycles.